The van der Waals surface area contributed by atoms with E-state index in [1.165, 1.54) is 21.9 Å². The van der Waals surface area contributed by atoms with Crippen LogP contribution in [0.5, 0.6) is 11.5 Å². The number of hydrogen-bond donors (Lipinski definition) is 3. The van der Waals surface area contributed by atoms with Gasteiger partial charge in [-0.25, -0.2) is 0 Å². The van der Waals surface area contributed by atoms with Gasteiger partial charge < -0.3 is 24.4 Å². The van der Waals surface area contributed by atoms with Gasteiger partial charge in [0, 0.05) is 66.9 Å². The van der Waals surface area contributed by atoms with E-state index in [1.54, 1.807) is 14.2 Å². The molecular weight excluding hydrogens is 482 g/mol. The number of benzene rings is 5. The zero-order valence-electron chi connectivity index (χ0n) is 21.6. The molecule has 3 heterocycles. The van der Waals surface area contributed by atoms with Crippen LogP contribution in [0.3, 0.4) is 0 Å². The second-order valence-corrected chi connectivity index (χ2v) is 9.94. The third-order valence-electron chi connectivity index (χ3n) is 7.93. The van der Waals surface area contributed by atoms with Gasteiger partial charge in [0.2, 0.25) is 0 Å². The number of ether oxygens (including phenoxy) is 2. The third kappa shape index (κ3) is 3.07. The van der Waals surface area contributed by atoms with E-state index in [0.29, 0.717) is 0 Å². The van der Waals surface area contributed by atoms with Crippen molar-refractivity contribution in [1.29, 1.82) is 0 Å². The van der Waals surface area contributed by atoms with E-state index < -0.39 is 0 Å². The average molecular weight is 508 g/mol. The molecule has 5 nitrogen and oxygen atoms in total. The lowest BCUT2D eigenvalue weighted by Crippen LogP contribution is -1.90. The van der Waals surface area contributed by atoms with Crippen LogP contribution in [0.15, 0.2) is 97.2 Å². The zero-order valence-corrected chi connectivity index (χ0v) is 21.6. The standard InChI is InChI=1S/C34H25N3O2/c1-38-20-13-15-27-24(16-20)32-33-30(23-14-12-21(39-2)17-28(23)37-33)29(19-8-4-3-5-9-19)31(34(32)36-27)25-18-35-26-11-7-6-10-22(25)26/h3-18,35-37H,1-2H3. The fourth-order valence-electron chi connectivity index (χ4n) is 6.19. The van der Waals surface area contributed by atoms with Crippen molar-refractivity contribution in [3.63, 3.8) is 0 Å². The monoisotopic (exact) mass is 507 g/mol. The maximum absolute atomic E-state index is 5.65. The first-order chi connectivity index (χ1) is 19.2. The van der Waals surface area contributed by atoms with Gasteiger partial charge in [-0.2, -0.15) is 0 Å². The second-order valence-electron chi connectivity index (χ2n) is 9.94. The third-order valence-corrected chi connectivity index (χ3v) is 7.93. The summed E-state index contributed by atoms with van der Waals surface area (Å²) in [7, 11) is 3.42. The number of aromatic amines is 3. The minimum absolute atomic E-state index is 0.823. The minimum atomic E-state index is 0.823. The Morgan fingerprint density at radius 1 is 0.538 bits per heavy atom. The molecule has 0 atom stereocenters. The number of nitrogens with one attached hydrogen (secondary N) is 3. The highest BCUT2D eigenvalue weighted by Crippen LogP contribution is 2.50. The predicted octanol–water partition coefficient (Wildman–Crippen LogP) is 8.79. The van der Waals surface area contributed by atoms with Crippen LogP contribution in [0.4, 0.5) is 0 Å². The number of fused-ring (bicyclic) bond motifs is 8. The van der Waals surface area contributed by atoms with Crippen molar-refractivity contribution in [2.24, 2.45) is 0 Å². The summed E-state index contributed by atoms with van der Waals surface area (Å²) in [5.74, 6) is 1.65. The summed E-state index contributed by atoms with van der Waals surface area (Å²) >= 11 is 0. The van der Waals surface area contributed by atoms with E-state index in [-0.39, 0.29) is 0 Å². The van der Waals surface area contributed by atoms with Crippen molar-refractivity contribution < 1.29 is 9.47 Å². The molecule has 0 spiro atoms. The number of H-pyrrole nitrogens is 3. The molecule has 8 rings (SSSR count). The molecule has 8 aromatic rings. The van der Waals surface area contributed by atoms with Gasteiger partial charge in [-0.3, -0.25) is 0 Å². The fraction of sp³-hybridized carbons (Fsp3) is 0.0588. The van der Waals surface area contributed by atoms with Crippen molar-refractivity contribution in [3.05, 3.63) is 97.2 Å². The summed E-state index contributed by atoms with van der Waals surface area (Å²) < 4.78 is 11.2. The molecule has 39 heavy (non-hydrogen) atoms. The largest absolute Gasteiger partial charge is 0.497 e. The van der Waals surface area contributed by atoms with E-state index in [9.17, 15) is 0 Å². The van der Waals surface area contributed by atoms with Crippen molar-refractivity contribution in [2.45, 2.75) is 0 Å². The van der Waals surface area contributed by atoms with Crippen molar-refractivity contribution in [3.8, 4) is 33.8 Å². The average Bonchev–Trinajstić information content (AvgIpc) is 3.69. The predicted molar refractivity (Wildman–Crippen MR) is 161 cm³/mol. The quantitative estimate of drug-likeness (QED) is 0.223. The number of hydrogen-bond acceptors (Lipinski definition) is 2. The lowest BCUT2D eigenvalue weighted by molar-refractivity contribution is 0.415. The van der Waals surface area contributed by atoms with E-state index in [2.05, 4.69) is 100 Å². The summed E-state index contributed by atoms with van der Waals surface area (Å²) in [6.45, 7) is 0. The molecule has 3 N–H and O–H groups in total. The van der Waals surface area contributed by atoms with Gasteiger partial charge in [0.1, 0.15) is 11.5 Å². The Morgan fingerprint density at radius 2 is 1.28 bits per heavy atom. The van der Waals surface area contributed by atoms with Crippen LogP contribution in [-0.4, -0.2) is 29.2 Å². The summed E-state index contributed by atoms with van der Waals surface area (Å²) in [4.78, 5) is 11.1. The van der Waals surface area contributed by atoms with E-state index in [0.717, 1.165) is 66.4 Å². The Balaban J connectivity index is 1.68. The molecule has 5 heteroatoms. The topological polar surface area (TPSA) is 65.8 Å². The van der Waals surface area contributed by atoms with Crippen LogP contribution in [0.2, 0.25) is 0 Å². The summed E-state index contributed by atoms with van der Waals surface area (Å²) in [6, 6.07) is 31.7. The summed E-state index contributed by atoms with van der Waals surface area (Å²) in [6.07, 6.45) is 2.14. The molecule has 0 aliphatic rings. The zero-order chi connectivity index (χ0) is 26.1. The van der Waals surface area contributed by atoms with Crippen molar-refractivity contribution in [2.75, 3.05) is 14.2 Å². The smallest absolute Gasteiger partial charge is 0.120 e. The molecule has 0 radical (unpaired) electrons. The Morgan fingerprint density at radius 3 is 2.13 bits per heavy atom. The lowest BCUT2D eigenvalue weighted by atomic mass is 9.88. The van der Waals surface area contributed by atoms with Crippen LogP contribution in [-0.2, 0) is 0 Å². The Hall–Kier alpha value is -5.16. The van der Waals surface area contributed by atoms with E-state index >= 15 is 0 Å². The van der Waals surface area contributed by atoms with Gasteiger partial charge in [-0.15, -0.1) is 0 Å². The van der Waals surface area contributed by atoms with Crippen LogP contribution in [0.25, 0.3) is 76.8 Å². The van der Waals surface area contributed by atoms with Crippen LogP contribution in [0, 0.1) is 0 Å². The van der Waals surface area contributed by atoms with Gasteiger partial charge in [-0.1, -0.05) is 48.5 Å². The molecule has 5 aromatic carbocycles. The number of para-hydroxylation sites is 1. The van der Waals surface area contributed by atoms with Gasteiger partial charge >= 0.3 is 0 Å². The maximum atomic E-state index is 5.65. The molecule has 0 unspecified atom stereocenters. The first-order valence-electron chi connectivity index (χ1n) is 13.0. The number of methoxy groups -OCH3 is 2. The SMILES string of the molecule is COc1ccc2c(c1)[nH]c1c2c(-c2ccccc2)c(-c2c[nH]c3ccccc23)c2[nH]c3ccc(OC)cc3c21. The maximum Gasteiger partial charge on any atom is 0.120 e. The first-order valence-corrected chi connectivity index (χ1v) is 13.0. The minimum Gasteiger partial charge on any atom is -0.497 e. The number of aromatic nitrogens is 3. The molecule has 0 aliphatic heterocycles. The van der Waals surface area contributed by atoms with E-state index in [4.69, 9.17) is 9.47 Å². The Labute approximate surface area is 224 Å². The summed E-state index contributed by atoms with van der Waals surface area (Å²) in [5.41, 5.74) is 10.1. The molecule has 0 saturated carbocycles. The van der Waals surface area contributed by atoms with Crippen LogP contribution < -0.4 is 9.47 Å². The van der Waals surface area contributed by atoms with Crippen molar-refractivity contribution >= 4 is 54.5 Å². The van der Waals surface area contributed by atoms with Crippen LogP contribution in [0.1, 0.15) is 0 Å². The molecule has 0 saturated heterocycles. The Bertz CT molecular complexity index is 2200. The van der Waals surface area contributed by atoms with Crippen LogP contribution >= 0.6 is 0 Å². The molecule has 0 aliphatic carbocycles. The fourth-order valence-corrected chi connectivity index (χ4v) is 6.19. The van der Waals surface area contributed by atoms with Gasteiger partial charge in [0.15, 0.2) is 0 Å². The molecular formula is C34H25N3O2. The second kappa shape index (κ2) is 8.17. The lowest BCUT2D eigenvalue weighted by Gasteiger charge is -2.15. The van der Waals surface area contributed by atoms with E-state index in [1.807, 2.05) is 12.1 Å². The highest BCUT2D eigenvalue weighted by Gasteiger charge is 2.25. The molecule has 0 fully saturated rings. The van der Waals surface area contributed by atoms with Crippen molar-refractivity contribution in [1.82, 2.24) is 15.0 Å². The summed E-state index contributed by atoms with van der Waals surface area (Å²) in [5, 5.41) is 5.80. The Kier molecular flexibility index (Phi) is 4.58. The highest BCUT2D eigenvalue weighted by atomic mass is 16.5. The normalized spacial score (nSPS) is 11.8. The van der Waals surface area contributed by atoms with Gasteiger partial charge in [0.05, 0.1) is 30.8 Å². The van der Waals surface area contributed by atoms with Gasteiger partial charge in [0.25, 0.3) is 0 Å². The highest BCUT2D eigenvalue weighted by molar-refractivity contribution is 6.33. The molecule has 3 aromatic heterocycles. The molecule has 0 amide bonds. The molecule has 0 bridgehead atoms. The first kappa shape index (κ1) is 21.9. The number of rotatable bonds is 4. The molecule has 188 valence electrons. The van der Waals surface area contributed by atoms with Gasteiger partial charge in [-0.05, 0) is 42.0 Å².